The number of nitrogens with zero attached hydrogens (tertiary/aromatic N) is 1. The number of ether oxygens (including phenoxy) is 2. The van der Waals surface area contributed by atoms with E-state index in [4.69, 9.17) is 9.47 Å². The minimum absolute atomic E-state index is 0.0449. The molecule has 0 aromatic heterocycles. The van der Waals surface area contributed by atoms with Crippen molar-refractivity contribution in [3.8, 4) is 11.5 Å². The Kier molecular flexibility index (Phi) is 5.39. The van der Waals surface area contributed by atoms with Crippen LogP contribution in [0.1, 0.15) is 31.8 Å². The maximum absolute atomic E-state index is 12.8. The number of carbonyl (C=O) groups excluding carboxylic acids is 2. The van der Waals surface area contributed by atoms with Crippen LogP contribution in [0, 0.1) is 17.0 Å². The SMILES string of the molecule is Cc1cc(OC(=O)c2ccccc2Br)cc2c1C(=O)/C(=C/c1ccc([N+](=O)[O-])cc1)O2. The van der Waals surface area contributed by atoms with Gasteiger partial charge >= 0.3 is 5.97 Å². The number of nitro benzene ring substituents is 1. The van der Waals surface area contributed by atoms with E-state index in [-0.39, 0.29) is 28.7 Å². The maximum Gasteiger partial charge on any atom is 0.344 e. The van der Waals surface area contributed by atoms with Crippen molar-refractivity contribution >= 4 is 39.4 Å². The second kappa shape index (κ2) is 8.16. The fourth-order valence-corrected chi connectivity index (χ4v) is 3.62. The van der Waals surface area contributed by atoms with Crippen molar-refractivity contribution in [2.75, 3.05) is 0 Å². The van der Waals surface area contributed by atoms with Crippen molar-refractivity contribution in [2.45, 2.75) is 6.92 Å². The van der Waals surface area contributed by atoms with E-state index in [1.807, 2.05) is 0 Å². The molecule has 0 amide bonds. The quantitative estimate of drug-likeness (QED) is 0.161. The molecule has 1 aliphatic rings. The van der Waals surface area contributed by atoms with Gasteiger partial charge in [0.25, 0.3) is 5.69 Å². The monoisotopic (exact) mass is 479 g/mol. The lowest BCUT2D eigenvalue weighted by atomic mass is 10.0. The van der Waals surface area contributed by atoms with Crippen molar-refractivity contribution in [1.82, 2.24) is 0 Å². The Labute approximate surface area is 185 Å². The molecule has 8 heteroatoms. The van der Waals surface area contributed by atoms with Crippen LogP contribution in [-0.4, -0.2) is 16.7 Å². The number of hydrogen-bond donors (Lipinski definition) is 0. The van der Waals surface area contributed by atoms with Gasteiger partial charge in [-0.3, -0.25) is 14.9 Å². The molecule has 0 fully saturated rings. The van der Waals surface area contributed by atoms with Crippen LogP contribution in [0.4, 0.5) is 5.69 Å². The molecule has 0 atom stereocenters. The van der Waals surface area contributed by atoms with Gasteiger partial charge < -0.3 is 9.47 Å². The lowest BCUT2D eigenvalue weighted by Gasteiger charge is -2.08. The molecule has 0 aliphatic carbocycles. The van der Waals surface area contributed by atoms with Crippen LogP contribution < -0.4 is 9.47 Å². The standard InChI is InChI=1S/C23H14BrNO6/c1-13-10-16(30-23(27)17-4-2-3-5-18(17)24)12-19-21(13)22(26)20(31-19)11-14-6-8-15(9-7-14)25(28)29/h2-12H,1H3/b20-11-. The molecule has 1 aliphatic heterocycles. The summed E-state index contributed by atoms with van der Waals surface area (Å²) < 4.78 is 11.8. The number of ketones is 1. The Bertz CT molecular complexity index is 1260. The van der Waals surface area contributed by atoms with Gasteiger partial charge in [-0.25, -0.2) is 4.79 Å². The van der Waals surface area contributed by atoms with Gasteiger partial charge in [-0.1, -0.05) is 12.1 Å². The predicted molar refractivity (Wildman–Crippen MR) is 116 cm³/mol. The minimum Gasteiger partial charge on any atom is -0.452 e. The van der Waals surface area contributed by atoms with E-state index >= 15 is 0 Å². The minimum atomic E-state index is -0.544. The molecule has 0 N–H and O–H groups in total. The molecule has 7 nitrogen and oxygen atoms in total. The third kappa shape index (κ3) is 4.10. The summed E-state index contributed by atoms with van der Waals surface area (Å²) in [5.74, 6) is -0.233. The topological polar surface area (TPSA) is 95.7 Å². The Morgan fingerprint density at radius 3 is 2.52 bits per heavy atom. The number of allylic oxidation sites excluding steroid dienone is 1. The Balaban J connectivity index is 1.59. The number of fused-ring (bicyclic) bond motifs is 1. The number of rotatable bonds is 4. The first-order valence-corrected chi connectivity index (χ1v) is 9.93. The smallest absolute Gasteiger partial charge is 0.344 e. The van der Waals surface area contributed by atoms with E-state index in [2.05, 4.69) is 15.9 Å². The number of hydrogen-bond acceptors (Lipinski definition) is 6. The fraction of sp³-hybridized carbons (Fsp3) is 0.0435. The molecule has 4 rings (SSSR count). The summed E-state index contributed by atoms with van der Waals surface area (Å²) in [6.07, 6.45) is 1.51. The van der Waals surface area contributed by atoms with Gasteiger partial charge in [-0.15, -0.1) is 0 Å². The summed E-state index contributed by atoms with van der Waals surface area (Å²) in [5, 5.41) is 10.8. The molecule has 0 spiro atoms. The second-order valence-electron chi connectivity index (χ2n) is 6.77. The van der Waals surface area contributed by atoms with Crippen LogP contribution in [0.15, 0.2) is 70.9 Å². The Morgan fingerprint density at radius 2 is 1.84 bits per heavy atom. The van der Waals surface area contributed by atoms with Crippen molar-refractivity contribution in [3.63, 3.8) is 0 Å². The van der Waals surface area contributed by atoms with Crippen molar-refractivity contribution in [1.29, 1.82) is 0 Å². The first-order valence-electron chi connectivity index (χ1n) is 9.13. The first-order chi connectivity index (χ1) is 14.8. The molecule has 0 saturated heterocycles. The van der Waals surface area contributed by atoms with Crippen LogP contribution >= 0.6 is 15.9 Å². The Morgan fingerprint density at radius 1 is 1.13 bits per heavy atom. The third-order valence-corrected chi connectivity index (χ3v) is 5.34. The highest BCUT2D eigenvalue weighted by atomic mass is 79.9. The molecule has 0 unspecified atom stereocenters. The number of nitro groups is 1. The number of carbonyl (C=O) groups is 2. The van der Waals surface area contributed by atoms with E-state index in [1.165, 1.54) is 36.4 Å². The number of benzene rings is 3. The predicted octanol–water partition coefficient (Wildman–Crippen LogP) is 5.50. The second-order valence-corrected chi connectivity index (χ2v) is 7.63. The molecule has 0 radical (unpaired) electrons. The van der Waals surface area contributed by atoms with Crippen LogP contribution in [0.5, 0.6) is 11.5 Å². The number of non-ortho nitro benzene ring substituents is 1. The molecule has 0 saturated carbocycles. The average molecular weight is 480 g/mol. The Hall–Kier alpha value is -3.78. The molecule has 31 heavy (non-hydrogen) atoms. The van der Waals surface area contributed by atoms with Gasteiger partial charge in [0.05, 0.1) is 16.1 Å². The third-order valence-electron chi connectivity index (χ3n) is 4.65. The summed E-state index contributed by atoms with van der Waals surface area (Å²) in [6, 6.07) is 15.7. The molecule has 0 bridgehead atoms. The van der Waals surface area contributed by atoms with Gasteiger partial charge in [0.2, 0.25) is 5.78 Å². The van der Waals surface area contributed by atoms with E-state index in [0.717, 1.165) is 0 Å². The lowest BCUT2D eigenvalue weighted by Crippen LogP contribution is -2.09. The van der Waals surface area contributed by atoms with Gasteiger partial charge in [-0.2, -0.15) is 0 Å². The largest absolute Gasteiger partial charge is 0.452 e. The number of halogens is 1. The molecular formula is C23H14BrNO6. The van der Waals surface area contributed by atoms with Gasteiger partial charge in [0.15, 0.2) is 5.76 Å². The zero-order chi connectivity index (χ0) is 22.1. The first kappa shape index (κ1) is 20.5. The van der Waals surface area contributed by atoms with Crippen LogP contribution in [0.3, 0.4) is 0 Å². The molecular weight excluding hydrogens is 466 g/mol. The average Bonchev–Trinajstić information content (AvgIpc) is 3.04. The zero-order valence-electron chi connectivity index (χ0n) is 16.1. The van der Waals surface area contributed by atoms with E-state index < -0.39 is 10.9 Å². The van der Waals surface area contributed by atoms with Crippen molar-refractivity contribution in [2.24, 2.45) is 0 Å². The van der Waals surface area contributed by atoms with E-state index in [1.54, 1.807) is 37.3 Å². The van der Waals surface area contributed by atoms with Gasteiger partial charge in [0, 0.05) is 22.7 Å². The summed E-state index contributed by atoms with van der Waals surface area (Å²) in [6.45, 7) is 1.73. The highest BCUT2D eigenvalue weighted by molar-refractivity contribution is 9.10. The summed E-state index contributed by atoms with van der Waals surface area (Å²) in [7, 11) is 0. The van der Waals surface area contributed by atoms with Crippen LogP contribution in [0.25, 0.3) is 6.08 Å². The molecule has 3 aromatic rings. The van der Waals surface area contributed by atoms with E-state index in [9.17, 15) is 19.7 Å². The highest BCUT2D eigenvalue weighted by Crippen LogP contribution is 2.38. The van der Waals surface area contributed by atoms with Gasteiger partial charge in [0.1, 0.15) is 11.5 Å². The van der Waals surface area contributed by atoms with E-state index in [0.29, 0.717) is 26.7 Å². The number of aryl methyl sites for hydroxylation is 1. The van der Waals surface area contributed by atoms with Gasteiger partial charge in [-0.05, 0) is 70.4 Å². The lowest BCUT2D eigenvalue weighted by molar-refractivity contribution is -0.384. The summed E-state index contributed by atoms with van der Waals surface area (Å²) in [5.41, 5.74) is 1.89. The fourth-order valence-electron chi connectivity index (χ4n) is 3.17. The van der Waals surface area contributed by atoms with Crippen molar-refractivity contribution in [3.05, 3.63) is 103 Å². The number of esters is 1. The number of Topliss-reactive ketones (excluding diaryl/α,β-unsaturated/α-hetero) is 1. The summed E-state index contributed by atoms with van der Waals surface area (Å²) in [4.78, 5) is 35.5. The highest BCUT2D eigenvalue weighted by Gasteiger charge is 2.30. The molecule has 3 aromatic carbocycles. The summed E-state index contributed by atoms with van der Waals surface area (Å²) >= 11 is 3.32. The zero-order valence-corrected chi connectivity index (χ0v) is 17.7. The molecule has 154 valence electrons. The normalized spacial score (nSPS) is 13.6. The van der Waals surface area contributed by atoms with Crippen molar-refractivity contribution < 1.29 is 24.0 Å². The maximum atomic E-state index is 12.8. The van der Waals surface area contributed by atoms with Crippen LogP contribution in [-0.2, 0) is 0 Å². The molecule has 1 heterocycles. The van der Waals surface area contributed by atoms with Crippen LogP contribution in [0.2, 0.25) is 0 Å².